The normalized spacial score (nSPS) is 19.8. The average Bonchev–Trinajstić information content (AvgIpc) is 2.84. The fourth-order valence-corrected chi connectivity index (χ4v) is 3.40. The molecule has 0 aliphatic carbocycles. The summed E-state index contributed by atoms with van der Waals surface area (Å²) in [7, 11) is 1.67. The smallest absolute Gasteiger partial charge is 0.345 e. The molecule has 1 aliphatic heterocycles. The molecule has 24 heavy (non-hydrogen) atoms. The number of methoxy groups -OCH3 is 1. The van der Waals surface area contributed by atoms with Crippen LogP contribution in [-0.4, -0.2) is 49.3 Å². The molecular weight excluding hydrogens is 314 g/mol. The lowest BCUT2D eigenvalue weighted by molar-refractivity contribution is -0.164. The second-order valence-electron chi connectivity index (χ2n) is 6.27. The number of nitrogens with zero attached hydrogens (tertiary/aromatic N) is 1. The summed E-state index contributed by atoms with van der Waals surface area (Å²) in [5.41, 5.74) is 2.36. The lowest BCUT2D eigenvalue weighted by Crippen LogP contribution is -2.28. The summed E-state index contributed by atoms with van der Waals surface area (Å²) in [5, 5.41) is 1.18. The van der Waals surface area contributed by atoms with Crippen LogP contribution in [-0.2, 0) is 11.2 Å². The molecular formula is C18H24F2N2O2. The van der Waals surface area contributed by atoms with Gasteiger partial charge < -0.3 is 19.4 Å². The van der Waals surface area contributed by atoms with Crippen LogP contribution >= 0.6 is 0 Å². The summed E-state index contributed by atoms with van der Waals surface area (Å²) in [6, 6.07) is 6.02. The highest BCUT2D eigenvalue weighted by molar-refractivity contribution is 5.84. The van der Waals surface area contributed by atoms with Crippen molar-refractivity contribution in [1.29, 1.82) is 0 Å². The second-order valence-corrected chi connectivity index (χ2v) is 6.27. The minimum atomic E-state index is -2.66. The number of alkyl halides is 2. The first-order chi connectivity index (χ1) is 11.7. The Hall–Kier alpha value is -1.66. The highest BCUT2D eigenvalue weighted by Gasteiger charge is 2.20. The number of hydrogen-bond donors (Lipinski definition) is 1. The summed E-state index contributed by atoms with van der Waals surface area (Å²) in [6.07, 6.45) is 4.95. The Morgan fingerprint density at radius 2 is 2.17 bits per heavy atom. The van der Waals surface area contributed by atoms with Gasteiger partial charge in [-0.25, -0.2) is 0 Å². The Balaban J connectivity index is 1.58. The van der Waals surface area contributed by atoms with Gasteiger partial charge in [0.2, 0.25) is 0 Å². The van der Waals surface area contributed by atoms with E-state index in [1.807, 2.05) is 18.3 Å². The van der Waals surface area contributed by atoms with Crippen LogP contribution in [0.25, 0.3) is 10.9 Å². The Morgan fingerprint density at radius 3 is 2.96 bits per heavy atom. The van der Waals surface area contributed by atoms with Gasteiger partial charge in [0, 0.05) is 30.2 Å². The third kappa shape index (κ3) is 4.24. The van der Waals surface area contributed by atoms with E-state index in [0.29, 0.717) is 12.8 Å². The van der Waals surface area contributed by atoms with Gasteiger partial charge in [0.1, 0.15) is 5.75 Å². The Bertz CT molecular complexity index is 660. The van der Waals surface area contributed by atoms with Crippen LogP contribution in [0.1, 0.15) is 24.8 Å². The van der Waals surface area contributed by atoms with Crippen molar-refractivity contribution in [3.8, 4) is 5.75 Å². The van der Waals surface area contributed by atoms with Gasteiger partial charge in [-0.05, 0) is 56.0 Å². The molecule has 1 saturated heterocycles. The molecule has 4 nitrogen and oxygen atoms in total. The first kappa shape index (κ1) is 17.2. The first-order valence-electron chi connectivity index (χ1n) is 8.45. The molecule has 6 heteroatoms. The topological polar surface area (TPSA) is 37.5 Å². The van der Waals surface area contributed by atoms with Crippen LogP contribution in [0.5, 0.6) is 5.75 Å². The van der Waals surface area contributed by atoms with Crippen LogP contribution in [0.15, 0.2) is 24.4 Å². The van der Waals surface area contributed by atoms with Crippen LogP contribution in [0.2, 0.25) is 0 Å². The van der Waals surface area contributed by atoms with Crippen molar-refractivity contribution in [2.75, 3.05) is 26.7 Å². The van der Waals surface area contributed by atoms with Crippen molar-refractivity contribution in [3.63, 3.8) is 0 Å². The zero-order chi connectivity index (χ0) is 16.9. The van der Waals surface area contributed by atoms with Gasteiger partial charge >= 0.3 is 6.61 Å². The van der Waals surface area contributed by atoms with Gasteiger partial charge in [0.05, 0.1) is 13.2 Å². The van der Waals surface area contributed by atoms with Crippen LogP contribution < -0.4 is 4.74 Å². The van der Waals surface area contributed by atoms with Gasteiger partial charge in [0.15, 0.2) is 0 Å². The van der Waals surface area contributed by atoms with Gasteiger partial charge in [-0.3, -0.25) is 0 Å². The van der Waals surface area contributed by atoms with Gasteiger partial charge in [-0.1, -0.05) is 0 Å². The summed E-state index contributed by atoms with van der Waals surface area (Å²) >= 11 is 0. The maximum Gasteiger partial charge on any atom is 0.345 e. The summed E-state index contributed by atoms with van der Waals surface area (Å²) < 4.78 is 34.7. The third-order valence-corrected chi connectivity index (χ3v) is 4.74. The number of fused-ring (bicyclic) bond motifs is 1. The van der Waals surface area contributed by atoms with E-state index in [2.05, 4.69) is 20.7 Å². The molecule has 0 bridgehead atoms. The van der Waals surface area contributed by atoms with Crippen molar-refractivity contribution in [2.45, 2.75) is 38.4 Å². The predicted molar refractivity (Wildman–Crippen MR) is 89.7 cm³/mol. The number of halogens is 2. The number of ether oxygens (including phenoxy) is 2. The fraction of sp³-hybridized carbons (Fsp3) is 0.556. The summed E-state index contributed by atoms with van der Waals surface area (Å²) in [6.45, 7) is 0.00592. The maximum absolute atomic E-state index is 12.3. The molecule has 1 fully saturated rings. The number of benzene rings is 1. The van der Waals surface area contributed by atoms with E-state index in [4.69, 9.17) is 4.74 Å². The number of likely N-dealkylation sites (tertiary alicyclic amines) is 1. The Morgan fingerprint density at radius 1 is 1.29 bits per heavy atom. The lowest BCUT2D eigenvalue weighted by atomic mass is 10.1. The minimum Gasteiger partial charge on any atom is -0.497 e. The molecule has 1 aromatic carbocycles. The van der Waals surface area contributed by atoms with E-state index < -0.39 is 6.61 Å². The average molecular weight is 338 g/mol. The predicted octanol–water partition coefficient (Wildman–Crippen LogP) is 3.81. The monoisotopic (exact) mass is 338 g/mol. The molecule has 2 aromatic rings. The second kappa shape index (κ2) is 7.94. The SMILES string of the molecule is COc1ccc2[nH]cc(CCN3CCC[C@@H](OC(F)F)CC3)c2c1. The zero-order valence-electron chi connectivity index (χ0n) is 13.9. The highest BCUT2D eigenvalue weighted by atomic mass is 19.3. The molecule has 0 spiro atoms. The molecule has 1 aromatic heterocycles. The van der Waals surface area contributed by atoms with E-state index in [9.17, 15) is 8.78 Å². The van der Waals surface area contributed by atoms with Crippen molar-refractivity contribution in [3.05, 3.63) is 30.0 Å². The number of H-pyrrole nitrogens is 1. The Kier molecular flexibility index (Phi) is 5.68. The van der Waals surface area contributed by atoms with Crippen molar-refractivity contribution in [2.24, 2.45) is 0 Å². The van der Waals surface area contributed by atoms with E-state index in [0.717, 1.165) is 43.7 Å². The Labute approximate surface area is 140 Å². The molecule has 132 valence electrons. The van der Waals surface area contributed by atoms with E-state index in [-0.39, 0.29) is 6.10 Å². The molecule has 3 rings (SSSR count). The molecule has 0 unspecified atom stereocenters. The molecule has 1 aliphatic rings. The zero-order valence-corrected chi connectivity index (χ0v) is 13.9. The molecule has 0 amide bonds. The number of hydrogen-bond acceptors (Lipinski definition) is 3. The van der Waals surface area contributed by atoms with Crippen molar-refractivity contribution >= 4 is 10.9 Å². The number of rotatable bonds is 6. The van der Waals surface area contributed by atoms with Gasteiger partial charge in [-0.15, -0.1) is 0 Å². The number of aromatic amines is 1. The third-order valence-electron chi connectivity index (χ3n) is 4.74. The van der Waals surface area contributed by atoms with Crippen molar-refractivity contribution < 1.29 is 18.3 Å². The molecule has 2 heterocycles. The van der Waals surface area contributed by atoms with E-state index >= 15 is 0 Å². The fourth-order valence-electron chi connectivity index (χ4n) is 3.40. The molecule has 1 atom stereocenters. The largest absolute Gasteiger partial charge is 0.497 e. The maximum atomic E-state index is 12.3. The molecule has 0 radical (unpaired) electrons. The summed E-state index contributed by atoms with van der Waals surface area (Å²) in [4.78, 5) is 5.63. The number of aromatic nitrogens is 1. The minimum absolute atomic E-state index is 0.313. The van der Waals surface area contributed by atoms with Crippen LogP contribution in [0.4, 0.5) is 8.78 Å². The standard InChI is InChI=1S/C18H24F2N2O2/c1-23-15-4-5-17-16(11-15)13(12-21-17)6-9-22-8-2-3-14(7-10-22)24-18(19)20/h4-5,11-12,14,18,21H,2-3,6-10H2,1H3/t14-/m1/s1. The van der Waals surface area contributed by atoms with Gasteiger partial charge in [-0.2, -0.15) is 8.78 Å². The van der Waals surface area contributed by atoms with E-state index in [1.54, 1.807) is 7.11 Å². The summed E-state index contributed by atoms with van der Waals surface area (Å²) in [5.74, 6) is 0.852. The first-order valence-corrected chi connectivity index (χ1v) is 8.45. The molecule has 1 N–H and O–H groups in total. The van der Waals surface area contributed by atoms with Gasteiger partial charge in [0.25, 0.3) is 0 Å². The van der Waals surface area contributed by atoms with Crippen LogP contribution in [0.3, 0.4) is 0 Å². The molecule has 0 saturated carbocycles. The quantitative estimate of drug-likeness (QED) is 0.870. The highest BCUT2D eigenvalue weighted by Crippen LogP contribution is 2.24. The van der Waals surface area contributed by atoms with Crippen molar-refractivity contribution in [1.82, 2.24) is 9.88 Å². The lowest BCUT2D eigenvalue weighted by Gasteiger charge is -2.20. The van der Waals surface area contributed by atoms with E-state index in [1.165, 1.54) is 10.9 Å². The van der Waals surface area contributed by atoms with Crippen LogP contribution in [0, 0.1) is 0 Å². The number of nitrogens with one attached hydrogen (secondary N) is 1.